The Morgan fingerprint density at radius 1 is 1.15 bits per heavy atom. The van der Waals surface area contributed by atoms with E-state index in [2.05, 4.69) is 20.5 Å². The van der Waals surface area contributed by atoms with Gasteiger partial charge in [-0.25, -0.2) is 4.98 Å². The normalized spacial score (nSPS) is 10.7. The second-order valence-electron chi connectivity index (χ2n) is 5.58. The van der Waals surface area contributed by atoms with Crippen molar-refractivity contribution in [3.63, 3.8) is 0 Å². The molecule has 0 aliphatic carbocycles. The van der Waals surface area contributed by atoms with Crippen molar-refractivity contribution in [2.24, 2.45) is 0 Å². The van der Waals surface area contributed by atoms with Crippen LogP contribution in [0.15, 0.2) is 76.8 Å². The SMILES string of the molecule is CSc1ncc(C(=O)Nc2cccc(-c3nnco3)c2)n1-c1ccccc1. The molecule has 0 saturated carbocycles. The van der Waals surface area contributed by atoms with Crippen molar-refractivity contribution in [1.82, 2.24) is 19.7 Å². The average Bonchev–Trinajstić information content (AvgIpc) is 3.38. The quantitative estimate of drug-likeness (QED) is 0.531. The number of hydrogen-bond acceptors (Lipinski definition) is 6. The van der Waals surface area contributed by atoms with Gasteiger partial charge in [0.15, 0.2) is 5.16 Å². The molecule has 1 N–H and O–H groups in total. The number of nitrogens with zero attached hydrogens (tertiary/aromatic N) is 4. The van der Waals surface area contributed by atoms with Gasteiger partial charge in [-0.15, -0.1) is 10.2 Å². The van der Waals surface area contributed by atoms with Gasteiger partial charge in [-0.05, 0) is 36.6 Å². The molecular weight excluding hydrogens is 362 g/mol. The van der Waals surface area contributed by atoms with Crippen LogP contribution in [0.1, 0.15) is 10.5 Å². The largest absolute Gasteiger partial charge is 0.423 e. The topological polar surface area (TPSA) is 85.8 Å². The van der Waals surface area contributed by atoms with Crippen molar-refractivity contribution in [1.29, 1.82) is 0 Å². The molecule has 2 heterocycles. The highest BCUT2D eigenvalue weighted by Gasteiger charge is 2.18. The van der Waals surface area contributed by atoms with E-state index in [-0.39, 0.29) is 5.91 Å². The lowest BCUT2D eigenvalue weighted by atomic mass is 10.2. The van der Waals surface area contributed by atoms with Crippen LogP contribution in [0.25, 0.3) is 17.1 Å². The zero-order valence-electron chi connectivity index (χ0n) is 14.4. The van der Waals surface area contributed by atoms with Crippen LogP contribution in [0.4, 0.5) is 5.69 Å². The Labute approximate surface area is 159 Å². The monoisotopic (exact) mass is 377 g/mol. The molecule has 0 bridgehead atoms. The van der Waals surface area contributed by atoms with Crippen LogP contribution in [-0.4, -0.2) is 31.9 Å². The fraction of sp³-hybridized carbons (Fsp3) is 0.0526. The molecule has 27 heavy (non-hydrogen) atoms. The number of carbonyl (C=O) groups is 1. The summed E-state index contributed by atoms with van der Waals surface area (Å²) in [6.07, 6.45) is 4.77. The molecule has 0 spiro atoms. The van der Waals surface area contributed by atoms with Gasteiger partial charge in [-0.1, -0.05) is 36.0 Å². The van der Waals surface area contributed by atoms with Gasteiger partial charge in [0.05, 0.1) is 6.20 Å². The molecule has 7 nitrogen and oxygen atoms in total. The molecule has 0 aliphatic heterocycles. The van der Waals surface area contributed by atoms with Crippen LogP contribution >= 0.6 is 11.8 Å². The molecule has 2 aromatic carbocycles. The minimum absolute atomic E-state index is 0.255. The van der Waals surface area contributed by atoms with Crippen LogP contribution in [0, 0.1) is 0 Å². The minimum Gasteiger partial charge on any atom is -0.423 e. The van der Waals surface area contributed by atoms with Gasteiger partial charge in [-0.3, -0.25) is 9.36 Å². The molecule has 8 heteroatoms. The van der Waals surface area contributed by atoms with Crippen molar-refractivity contribution < 1.29 is 9.21 Å². The Balaban J connectivity index is 1.65. The first kappa shape index (κ1) is 17.0. The average molecular weight is 377 g/mol. The summed E-state index contributed by atoms with van der Waals surface area (Å²) in [6, 6.07) is 16.9. The number of amides is 1. The highest BCUT2D eigenvalue weighted by Crippen LogP contribution is 2.24. The van der Waals surface area contributed by atoms with Crippen LogP contribution < -0.4 is 5.32 Å². The van der Waals surface area contributed by atoms with E-state index in [1.165, 1.54) is 18.2 Å². The first-order valence-corrected chi connectivity index (χ1v) is 9.34. The minimum atomic E-state index is -0.255. The summed E-state index contributed by atoms with van der Waals surface area (Å²) in [5.41, 5.74) is 2.69. The lowest BCUT2D eigenvalue weighted by Gasteiger charge is -2.11. The number of benzene rings is 2. The Morgan fingerprint density at radius 3 is 2.74 bits per heavy atom. The molecule has 0 aliphatic rings. The molecule has 134 valence electrons. The van der Waals surface area contributed by atoms with Crippen LogP contribution in [0.5, 0.6) is 0 Å². The standard InChI is InChI=1S/C19H15N5O2S/c1-27-19-20-11-16(24(19)15-8-3-2-4-9-15)17(25)22-14-7-5-6-13(10-14)18-23-21-12-26-18/h2-12H,1H3,(H,22,25). The van der Waals surface area contributed by atoms with E-state index in [0.29, 0.717) is 17.3 Å². The Hall–Kier alpha value is -3.39. The summed E-state index contributed by atoms with van der Waals surface area (Å²) in [4.78, 5) is 17.3. The van der Waals surface area contributed by atoms with E-state index in [4.69, 9.17) is 4.42 Å². The molecule has 0 fully saturated rings. The van der Waals surface area contributed by atoms with Crippen molar-refractivity contribution >= 4 is 23.4 Å². The number of para-hydroxylation sites is 1. The van der Waals surface area contributed by atoms with Gasteiger partial charge in [0.1, 0.15) is 5.69 Å². The molecule has 1 amide bonds. The number of aromatic nitrogens is 4. The van der Waals surface area contributed by atoms with E-state index >= 15 is 0 Å². The zero-order valence-corrected chi connectivity index (χ0v) is 15.2. The van der Waals surface area contributed by atoms with Crippen LogP contribution in [0.2, 0.25) is 0 Å². The molecule has 0 radical (unpaired) electrons. The summed E-state index contributed by atoms with van der Waals surface area (Å²) >= 11 is 1.48. The molecule has 4 aromatic rings. The van der Waals surface area contributed by atoms with E-state index < -0.39 is 0 Å². The first-order chi connectivity index (χ1) is 13.3. The maximum atomic E-state index is 12.9. The van der Waals surface area contributed by atoms with Crippen LogP contribution in [-0.2, 0) is 0 Å². The summed E-state index contributed by atoms with van der Waals surface area (Å²) < 4.78 is 7.04. The number of rotatable bonds is 5. The Bertz CT molecular complexity index is 1060. The smallest absolute Gasteiger partial charge is 0.274 e. The predicted molar refractivity (Wildman–Crippen MR) is 103 cm³/mol. The van der Waals surface area contributed by atoms with Gasteiger partial charge < -0.3 is 9.73 Å². The number of hydrogen-bond donors (Lipinski definition) is 1. The maximum Gasteiger partial charge on any atom is 0.274 e. The Morgan fingerprint density at radius 2 is 2.00 bits per heavy atom. The number of thioether (sulfide) groups is 1. The van der Waals surface area contributed by atoms with Gasteiger partial charge in [0.25, 0.3) is 5.91 Å². The highest BCUT2D eigenvalue weighted by atomic mass is 32.2. The van der Waals surface area contributed by atoms with E-state index in [9.17, 15) is 4.79 Å². The van der Waals surface area contributed by atoms with Gasteiger partial charge in [-0.2, -0.15) is 0 Å². The fourth-order valence-electron chi connectivity index (χ4n) is 2.69. The molecule has 0 unspecified atom stereocenters. The third kappa shape index (κ3) is 3.47. The molecule has 0 atom stereocenters. The molecule has 4 rings (SSSR count). The van der Waals surface area contributed by atoms with E-state index in [1.54, 1.807) is 18.3 Å². The molecular formula is C19H15N5O2S. The summed E-state index contributed by atoms with van der Waals surface area (Å²) in [6.45, 7) is 0. The highest BCUT2D eigenvalue weighted by molar-refractivity contribution is 7.98. The van der Waals surface area contributed by atoms with Crippen molar-refractivity contribution in [3.8, 4) is 17.1 Å². The second-order valence-corrected chi connectivity index (χ2v) is 6.35. The van der Waals surface area contributed by atoms with E-state index in [0.717, 1.165) is 16.4 Å². The number of anilines is 1. The lowest BCUT2D eigenvalue weighted by Crippen LogP contribution is -2.16. The number of imidazole rings is 1. The third-order valence-corrected chi connectivity index (χ3v) is 4.54. The van der Waals surface area contributed by atoms with E-state index in [1.807, 2.05) is 53.3 Å². The van der Waals surface area contributed by atoms with Gasteiger partial charge in [0, 0.05) is 16.9 Å². The van der Waals surface area contributed by atoms with Crippen molar-refractivity contribution in [3.05, 3.63) is 72.9 Å². The maximum absolute atomic E-state index is 12.9. The van der Waals surface area contributed by atoms with Crippen LogP contribution in [0.3, 0.4) is 0 Å². The summed E-state index contributed by atoms with van der Waals surface area (Å²) in [7, 11) is 0. The third-order valence-electron chi connectivity index (χ3n) is 3.89. The molecule has 2 aromatic heterocycles. The summed E-state index contributed by atoms with van der Waals surface area (Å²) in [5.74, 6) is 0.138. The number of nitrogens with one attached hydrogen (secondary N) is 1. The fourth-order valence-corrected chi connectivity index (χ4v) is 3.23. The second kappa shape index (κ2) is 7.46. The number of carbonyl (C=O) groups excluding carboxylic acids is 1. The summed E-state index contributed by atoms with van der Waals surface area (Å²) in [5, 5.41) is 11.2. The first-order valence-electron chi connectivity index (χ1n) is 8.11. The lowest BCUT2D eigenvalue weighted by molar-refractivity contribution is 0.102. The zero-order chi connectivity index (χ0) is 18.6. The predicted octanol–water partition coefficient (Wildman–Crippen LogP) is 3.90. The van der Waals surface area contributed by atoms with Crippen molar-refractivity contribution in [2.75, 3.05) is 11.6 Å². The van der Waals surface area contributed by atoms with Crippen molar-refractivity contribution in [2.45, 2.75) is 5.16 Å². The molecule has 0 saturated heterocycles. The Kier molecular flexibility index (Phi) is 4.71. The van der Waals surface area contributed by atoms with Gasteiger partial charge in [0.2, 0.25) is 12.3 Å². The van der Waals surface area contributed by atoms with Gasteiger partial charge >= 0.3 is 0 Å².